The standard InChI is InChI=1S/C14H14O5S/c1-18-13-8-4-7-12(14(13)19-2)10-5-3-6-11(9-10)20(15,16)17/h3-9H,1-2H3,(H,15,16,17). The zero-order chi connectivity index (χ0) is 14.8. The monoisotopic (exact) mass is 294 g/mol. The van der Waals surface area contributed by atoms with Gasteiger partial charge in [-0.3, -0.25) is 4.55 Å². The first-order valence-corrected chi connectivity index (χ1v) is 7.20. The lowest BCUT2D eigenvalue weighted by molar-refractivity contribution is 0.356. The van der Waals surface area contributed by atoms with Gasteiger partial charge in [0.2, 0.25) is 0 Å². The molecule has 0 amide bonds. The van der Waals surface area contributed by atoms with Gasteiger partial charge >= 0.3 is 0 Å². The Morgan fingerprint density at radius 1 is 1.00 bits per heavy atom. The third kappa shape index (κ3) is 2.76. The van der Waals surface area contributed by atoms with Crippen LogP contribution in [-0.4, -0.2) is 27.2 Å². The first-order valence-electron chi connectivity index (χ1n) is 5.76. The van der Waals surface area contributed by atoms with E-state index in [1.165, 1.54) is 26.4 Å². The highest BCUT2D eigenvalue weighted by molar-refractivity contribution is 7.85. The lowest BCUT2D eigenvalue weighted by Gasteiger charge is -2.13. The summed E-state index contributed by atoms with van der Waals surface area (Å²) >= 11 is 0. The Bertz CT molecular complexity index is 722. The van der Waals surface area contributed by atoms with Crippen molar-refractivity contribution in [2.75, 3.05) is 14.2 Å². The fourth-order valence-corrected chi connectivity index (χ4v) is 2.46. The summed E-state index contributed by atoms with van der Waals surface area (Å²) in [6.45, 7) is 0. The average Bonchev–Trinajstić information content (AvgIpc) is 2.45. The van der Waals surface area contributed by atoms with E-state index < -0.39 is 10.1 Å². The zero-order valence-corrected chi connectivity index (χ0v) is 11.8. The molecule has 1 N–H and O–H groups in total. The van der Waals surface area contributed by atoms with Crippen molar-refractivity contribution >= 4 is 10.1 Å². The molecule has 0 aromatic heterocycles. The maximum atomic E-state index is 11.2. The summed E-state index contributed by atoms with van der Waals surface area (Å²) in [7, 11) is -1.21. The highest BCUT2D eigenvalue weighted by atomic mass is 32.2. The van der Waals surface area contributed by atoms with Crippen LogP contribution in [0.1, 0.15) is 0 Å². The highest BCUT2D eigenvalue weighted by Gasteiger charge is 2.14. The first-order chi connectivity index (χ1) is 9.47. The lowest BCUT2D eigenvalue weighted by Crippen LogP contribution is -1.98. The Hall–Kier alpha value is -2.05. The minimum Gasteiger partial charge on any atom is -0.493 e. The van der Waals surface area contributed by atoms with Gasteiger partial charge in [-0.25, -0.2) is 0 Å². The van der Waals surface area contributed by atoms with Crippen molar-refractivity contribution in [3.63, 3.8) is 0 Å². The largest absolute Gasteiger partial charge is 0.493 e. The molecule has 0 saturated carbocycles. The molecule has 6 heteroatoms. The van der Waals surface area contributed by atoms with Crippen LogP contribution in [0.5, 0.6) is 11.5 Å². The number of rotatable bonds is 4. The summed E-state index contributed by atoms with van der Waals surface area (Å²) in [5, 5.41) is 0. The molecule has 5 nitrogen and oxygen atoms in total. The van der Waals surface area contributed by atoms with Gasteiger partial charge in [0.15, 0.2) is 11.5 Å². The Labute approximate surface area is 117 Å². The zero-order valence-electron chi connectivity index (χ0n) is 11.0. The predicted molar refractivity (Wildman–Crippen MR) is 74.8 cm³/mol. The number of methoxy groups -OCH3 is 2. The molecule has 0 unspecified atom stereocenters. The Balaban J connectivity index is 2.63. The topological polar surface area (TPSA) is 72.8 Å². The van der Waals surface area contributed by atoms with Crippen LogP contribution in [0.2, 0.25) is 0 Å². The third-order valence-corrected chi connectivity index (χ3v) is 3.70. The molecule has 0 radical (unpaired) electrons. The molecule has 20 heavy (non-hydrogen) atoms. The van der Waals surface area contributed by atoms with Gasteiger partial charge in [-0.15, -0.1) is 0 Å². The van der Waals surface area contributed by atoms with Gasteiger partial charge < -0.3 is 9.47 Å². The van der Waals surface area contributed by atoms with E-state index in [4.69, 9.17) is 14.0 Å². The van der Waals surface area contributed by atoms with Crippen LogP contribution in [0.25, 0.3) is 11.1 Å². The van der Waals surface area contributed by atoms with Gasteiger partial charge in [-0.2, -0.15) is 8.42 Å². The summed E-state index contributed by atoms with van der Waals surface area (Å²) in [4.78, 5) is -0.167. The van der Waals surface area contributed by atoms with E-state index in [0.717, 1.165) is 0 Å². The van der Waals surface area contributed by atoms with Gasteiger partial charge in [0, 0.05) is 5.56 Å². The second-order valence-electron chi connectivity index (χ2n) is 4.04. The van der Waals surface area contributed by atoms with Gasteiger partial charge in [0.1, 0.15) is 0 Å². The van der Waals surface area contributed by atoms with Crippen LogP contribution in [0.3, 0.4) is 0 Å². The van der Waals surface area contributed by atoms with E-state index in [2.05, 4.69) is 0 Å². The fraction of sp³-hybridized carbons (Fsp3) is 0.143. The number of hydrogen-bond donors (Lipinski definition) is 1. The molecule has 2 aromatic carbocycles. The quantitative estimate of drug-likeness (QED) is 0.877. The second-order valence-corrected chi connectivity index (χ2v) is 5.47. The summed E-state index contributed by atoms with van der Waals surface area (Å²) in [6.07, 6.45) is 0. The van der Waals surface area contributed by atoms with Crippen molar-refractivity contribution in [3.8, 4) is 22.6 Å². The van der Waals surface area contributed by atoms with E-state index in [1.54, 1.807) is 30.3 Å². The predicted octanol–water partition coefficient (Wildman–Crippen LogP) is 2.62. The van der Waals surface area contributed by atoms with E-state index >= 15 is 0 Å². The number of hydrogen-bond acceptors (Lipinski definition) is 4. The summed E-state index contributed by atoms with van der Waals surface area (Å²) in [5.41, 5.74) is 1.29. The lowest BCUT2D eigenvalue weighted by atomic mass is 10.0. The molecule has 106 valence electrons. The molecule has 0 bridgehead atoms. The number of ether oxygens (including phenoxy) is 2. The SMILES string of the molecule is COc1cccc(-c2cccc(S(=O)(=O)O)c2)c1OC. The fourth-order valence-electron chi connectivity index (χ4n) is 1.94. The summed E-state index contributed by atoms with van der Waals surface area (Å²) in [5.74, 6) is 1.05. The molecule has 0 aliphatic heterocycles. The first kappa shape index (κ1) is 14.4. The molecule has 0 fully saturated rings. The molecular weight excluding hydrogens is 280 g/mol. The van der Waals surface area contributed by atoms with Crippen molar-refractivity contribution in [2.45, 2.75) is 4.90 Å². The second kappa shape index (κ2) is 5.52. The molecule has 0 saturated heterocycles. The van der Waals surface area contributed by atoms with Gasteiger partial charge in [-0.05, 0) is 23.8 Å². The van der Waals surface area contributed by atoms with Crippen molar-refractivity contribution in [2.24, 2.45) is 0 Å². The van der Waals surface area contributed by atoms with Gasteiger partial charge in [0.25, 0.3) is 10.1 Å². The van der Waals surface area contributed by atoms with E-state index in [0.29, 0.717) is 22.6 Å². The van der Waals surface area contributed by atoms with Gasteiger partial charge in [0.05, 0.1) is 19.1 Å². The molecule has 0 heterocycles. The smallest absolute Gasteiger partial charge is 0.294 e. The average molecular weight is 294 g/mol. The van der Waals surface area contributed by atoms with Crippen LogP contribution >= 0.6 is 0 Å². The number of para-hydroxylation sites is 1. The van der Waals surface area contributed by atoms with Crippen molar-refractivity contribution in [1.29, 1.82) is 0 Å². The van der Waals surface area contributed by atoms with Crippen molar-refractivity contribution < 1.29 is 22.4 Å². The summed E-state index contributed by atoms with van der Waals surface area (Å²) in [6, 6.07) is 11.3. The third-order valence-electron chi connectivity index (χ3n) is 2.85. The Kier molecular flexibility index (Phi) is 3.96. The maximum Gasteiger partial charge on any atom is 0.294 e. The number of benzene rings is 2. The molecule has 0 aliphatic carbocycles. The molecular formula is C14H14O5S. The minimum atomic E-state index is -4.24. The van der Waals surface area contributed by atoms with Crippen LogP contribution in [0.15, 0.2) is 47.4 Å². The summed E-state index contributed by atoms with van der Waals surface area (Å²) < 4.78 is 42.0. The minimum absolute atomic E-state index is 0.167. The van der Waals surface area contributed by atoms with Gasteiger partial charge in [-0.1, -0.05) is 24.3 Å². The van der Waals surface area contributed by atoms with Crippen LogP contribution in [-0.2, 0) is 10.1 Å². The van der Waals surface area contributed by atoms with E-state index in [9.17, 15) is 8.42 Å². The van der Waals surface area contributed by atoms with Crippen molar-refractivity contribution in [1.82, 2.24) is 0 Å². The Morgan fingerprint density at radius 2 is 1.70 bits per heavy atom. The molecule has 2 rings (SSSR count). The highest BCUT2D eigenvalue weighted by Crippen LogP contribution is 2.38. The molecule has 0 spiro atoms. The maximum absolute atomic E-state index is 11.2. The van der Waals surface area contributed by atoms with E-state index in [1.807, 2.05) is 0 Å². The molecule has 0 aliphatic rings. The van der Waals surface area contributed by atoms with E-state index in [-0.39, 0.29) is 4.90 Å². The van der Waals surface area contributed by atoms with Crippen LogP contribution in [0, 0.1) is 0 Å². The normalized spacial score (nSPS) is 11.2. The Morgan fingerprint density at radius 3 is 2.30 bits per heavy atom. The van der Waals surface area contributed by atoms with Crippen LogP contribution in [0.4, 0.5) is 0 Å². The van der Waals surface area contributed by atoms with Crippen molar-refractivity contribution in [3.05, 3.63) is 42.5 Å². The molecule has 2 aromatic rings. The molecule has 0 atom stereocenters. The van der Waals surface area contributed by atoms with Crippen LogP contribution < -0.4 is 9.47 Å².